The molecule has 0 spiro atoms. The predicted octanol–water partition coefficient (Wildman–Crippen LogP) is 2.88. The summed E-state index contributed by atoms with van der Waals surface area (Å²) in [5.41, 5.74) is 0. The molecule has 13 heavy (non-hydrogen) atoms. The molecule has 1 aromatic heterocycles. The van der Waals surface area contributed by atoms with Crippen LogP contribution in [0.1, 0.15) is 34.8 Å². The number of hydrogen-bond acceptors (Lipinski definition) is 3. The summed E-state index contributed by atoms with van der Waals surface area (Å²) in [4.78, 5) is 13.3. The van der Waals surface area contributed by atoms with Gasteiger partial charge in [0.1, 0.15) is 4.88 Å². The molecule has 0 N–H and O–H groups in total. The molecule has 0 aliphatic carbocycles. The van der Waals surface area contributed by atoms with Crippen LogP contribution in [0.25, 0.3) is 0 Å². The molecule has 3 heteroatoms. The number of hydrogen-bond donors (Lipinski definition) is 0. The fourth-order valence-electron chi connectivity index (χ4n) is 0.944. The Morgan fingerprint density at radius 1 is 1.46 bits per heavy atom. The SMILES string of the molecule is CCCOC(=O)c1ccc(CC)s1. The van der Waals surface area contributed by atoms with Crippen LogP contribution in [0, 0.1) is 0 Å². The number of thiophene rings is 1. The fourth-order valence-corrected chi connectivity index (χ4v) is 1.78. The molecule has 0 radical (unpaired) electrons. The molecular formula is C10H14O2S. The highest BCUT2D eigenvalue weighted by Crippen LogP contribution is 2.17. The van der Waals surface area contributed by atoms with Crippen molar-refractivity contribution in [3.63, 3.8) is 0 Å². The molecule has 0 bridgehead atoms. The van der Waals surface area contributed by atoms with Gasteiger partial charge < -0.3 is 4.74 Å². The summed E-state index contributed by atoms with van der Waals surface area (Å²) in [6.45, 7) is 4.57. The van der Waals surface area contributed by atoms with E-state index < -0.39 is 0 Å². The van der Waals surface area contributed by atoms with Crippen molar-refractivity contribution >= 4 is 17.3 Å². The highest BCUT2D eigenvalue weighted by atomic mass is 32.1. The van der Waals surface area contributed by atoms with Crippen LogP contribution >= 0.6 is 11.3 Å². The second-order valence-corrected chi connectivity index (χ2v) is 3.92. The smallest absolute Gasteiger partial charge is 0.348 e. The third-order valence-electron chi connectivity index (χ3n) is 1.65. The summed E-state index contributed by atoms with van der Waals surface area (Å²) in [5, 5.41) is 0. The lowest BCUT2D eigenvalue weighted by atomic mass is 10.4. The summed E-state index contributed by atoms with van der Waals surface area (Å²) in [5.74, 6) is -0.188. The molecule has 0 saturated heterocycles. The number of esters is 1. The maximum Gasteiger partial charge on any atom is 0.348 e. The lowest BCUT2D eigenvalue weighted by Crippen LogP contribution is -2.03. The number of carbonyl (C=O) groups is 1. The molecular weight excluding hydrogens is 184 g/mol. The minimum absolute atomic E-state index is 0.188. The van der Waals surface area contributed by atoms with E-state index in [0.29, 0.717) is 11.5 Å². The van der Waals surface area contributed by atoms with Crippen molar-refractivity contribution < 1.29 is 9.53 Å². The zero-order valence-corrected chi connectivity index (χ0v) is 8.82. The van der Waals surface area contributed by atoms with Crippen molar-refractivity contribution in [2.75, 3.05) is 6.61 Å². The maximum atomic E-state index is 11.3. The molecule has 0 amide bonds. The van der Waals surface area contributed by atoms with Crippen LogP contribution in [-0.4, -0.2) is 12.6 Å². The first-order valence-electron chi connectivity index (χ1n) is 4.53. The molecule has 0 aliphatic rings. The van der Waals surface area contributed by atoms with Gasteiger partial charge in [-0.3, -0.25) is 0 Å². The second kappa shape index (κ2) is 5.02. The van der Waals surface area contributed by atoms with Gasteiger partial charge in [0.2, 0.25) is 0 Å². The minimum atomic E-state index is -0.188. The van der Waals surface area contributed by atoms with Gasteiger partial charge in [0.15, 0.2) is 0 Å². The monoisotopic (exact) mass is 198 g/mol. The van der Waals surface area contributed by atoms with E-state index in [-0.39, 0.29) is 5.97 Å². The summed E-state index contributed by atoms with van der Waals surface area (Å²) < 4.78 is 5.01. The van der Waals surface area contributed by atoms with E-state index in [2.05, 4.69) is 6.92 Å². The van der Waals surface area contributed by atoms with Crippen LogP contribution in [0.2, 0.25) is 0 Å². The molecule has 1 aromatic rings. The van der Waals surface area contributed by atoms with Crippen LogP contribution < -0.4 is 0 Å². The predicted molar refractivity (Wildman–Crippen MR) is 54.3 cm³/mol. The van der Waals surface area contributed by atoms with Gasteiger partial charge in [0.25, 0.3) is 0 Å². The van der Waals surface area contributed by atoms with Crippen LogP contribution in [-0.2, 0) is 11.2 Å². The number of rotatable bonds is 4. The van der Waals surface area contributed by atoms with Gasteiger partial charge in [-0.2, -0.15) is 0 Å². The van der Waals surface area contributed by atoms with Gasteiger partial charge in [-0.05, 0) is 25.0 Å². The molecule has 1 rings (SSSR count). The van der Waals surface area contributed by atoms with Gasteiger partial charge in [-0.1, -0.05) is 13.8 Å². The average molecular weight is 198 g/mol. The van der Waals surface area contributed by atoms with Crippen LogP contribution in [0.3, 0.4) is 0 Å². The van der Waals surface area contributed by atoms with Crippen molar-refractivity contribution in [3.8, 4) is 0 Å². The Morgan fingerprint density at radius 2 is 2.23 bits per heavy atom. The third-order valence-corrected chi connectivity index (χ3v) is 2.86. The van der Waals surface area contributed by atoms with Crippen molar-refractivity contribution in [1.82, 2.24) is 0 Å². The van der Waals surface area contributed by atoms with Gasteiger partial charge >= 0.3 is 5.97 Å². The topological polar surface area (TPSA) is 26.3 Å². The summed E-state index contributed by atoms with van der Waals surface area (Å²) in [7, 11) is 0. The van der Waals surface area contributed by atoms with E-state index in [1.165, 1.54) is 16.2 Å². The van der Waals surface area contributed by atoms with Crippen molar-refractivity contribution in [1.29, 1.82) is 0 Å². The maximum absolute atomic E-state index is 11.3. The quantitative estimate of drug-likeness (QED) is 0.695. The third kappa shape index (κ3) is 2.84. The van der Waals surface area contributed by atoms with Crippen LogP contribution in [0.5, 0.6) is 0 Å². The van der Waals surface area contributed by atoms with Crippen LogP contribution in [0.15, 0.2) is 12.1 Å². The molecule has 0 aliphatic heterocycles. The van der Waals surface area contributed by atoms with E-state index in [1.807, 2.05) is 19.1 Å². The molecule has 0 fully saturated rings. The molecule has 0 saturated carbocycles. The Hall–Kier alpha value is -0.830. The molecule has 0 atom stereocenters. The molecule has 1 heterocycles. The number of ether oxygens (including phenoxy) is 1. The minimum Gasteiger partial charge on any atom is -0.462 e. The highest BCUT2D eigenvalue weighted by Gasteiger charge is 2.08. The zero-order chi connectivity index (χ0) is 9.68. The Morgan fingerprint density at radius 3 is 2.77 bits per heavy atom. The first-order valence-corrected chi connectivity index (χ1v) is 5.35. The Bertz CT molecular complexity index is 278. The van der Waals surface area contributed by atoms with E-state index in [9.17, 15) is 4.79 Å². The van der Waals surface area contributed by atoms with Gasteiger partial charge in [0, 0.05) is 4.88 Å². The van der Waals surface area contributed by atoms with Gasteiger partial charge in [0.05, 0.1) is 6.61 Å². The van der Waals surface area contributed by atoms with Gasteiger partial charge in [-0.25, -0.2) is 4.79 Å². The van der Waals surface area contributed by atoms with E-state index in [1.54, 1.807) is 0 Å². The van der Waals surface area contributed by atoms with Crippen LogP contribution in [0.4, 0.5) is 0 Å². The zero-order valence-electron chi connectivity index (χ0n) is 8.00. The number of aryl methyl sites for hydroxylation is 1. The Balaban J connectivity index is 2.55. The van der Waals surface area contributed by atoms with Gasteiger partial charge in [-0.15, -0.1) is 11.3 Å². The standard InChI is InChI=1S/C10H14O2S/c1-3-7-12-10(11)9-6-5-8(4-2)13-9/h5-6H,3-4,7H2,1-2H3. The van der Waals surface area contributed by atoms with Crippen molar-refractivity contribution in [2.45, 2.75) is 26.7 Å². The highest BCUT2D eigenvalue weighted by molar-refractivity contribution is 7.13. The lowest BCUT2D eigenvalue weighted by Gasteiger charge is -1.98. The Labute approximate surface area is 82.5 Å². The fraction of sp³-hybridized carbons (Fsp3) is 0.500. The van der Waals surface area contributed by atoms with E-state index in [4.69, 9.17) is 4.74 Å². The average Bonchev–Trinajstić information content (AvgIpc) is 2.62. The van der Waals surface area contributed by atoms with Crippen molar-refractivity contribution in [2.24, 2.45) is 0 Å². The largest absolute Gasteiger partial charge is 0.462 e. The molecule has 72 valence electrons. The molecule has 0 unspecified atom stereocenters. The first kappa shape index (κ1) is 10.3. The van der Waals surface area contributed by atoms with Crippen molar-refractivity contribution in [3.05, 3.63) is 21.9 Å². The lowest BCUT2D eigenvalue weighted by molar-refractivity contribution is 0.0511. The molecule has 0 aromatic carbocycles. The summed E-state index contributed by atoms with van der Waals surface area (Å²) in [6, 6.07) is 3.81. The summed E-state index contributed by atoms with van der Waals surface area (Å²) >= 11 is 1.52. The second-order valence-electron chi connectivity index (χ2n) is 2.76. The van der Waals surface area contributed by atoms with E-state index in [0.717, 1.165) is 12.8 Å². The first-order chi connectivity index (χ1) is 6.27. The Kier molecular flexibility index (Phi) is 3.96. The number of carbonyl (C=O) groups excluding carboxylic acids is 1. The summed E-state index contributed by atoms with van der Waals surface area (Å²) in [6.07, 6.45) is 1.85. The molecule has 2 nitrogen and oxygen atoms in total. The van der Waals surface area contributed by atoms with E-state index >= 15 is 0 Å². The normalized spacial score (nSPS) is 10.0.